The van der Waals surface area contributed by atoms with Gasteiger partial charge in [-0.15, -0.1) is 0 Å². The molecule has 2 rings (SSSR count). The summed E-state index contributed by atoms with van der Waals surface area (Å²) in [6.07, 6.45) is -1.15. The van der Waals surface area contributed by atoms with E-state index in [-0.39, 0.29) is 22.2 Å². The van der Waals surface area contributed by atoms with Crippen LogP contribution in [-0.4, -0.2) is 32.2 Å². The highest BCUT2D eigenvalue weighted by molar-refractivity contribution is 6.42. The standard InChI is InChI=1S/C19H18Cl3NO5/c1-10(19(25)23-18-14(21)7-12(20)8-15(18)22)28-17(24)6-11-4-5-13(26-2)9-16(11)27-3/h4-5,7-10H,6H2,1-3H3,(H,23,25). The zero-order chi connectivity index (χ0) is 20.8. The summed E-state index contributed by atoms with van der Waals surface area (Å²) in [6.45, 7) is 1.44. The van der Waals surface area contributed by atoms with E-state index in [0.29, 0.717) is 22.1 Å². The number of rotatable bonds is 7. The summed E-state index contributed by atoms with van der Waals surface area (Å²) in [6, 6.07) is 7.93. The Hall–Kier alpha value is -2.15. The first-order valence-corrected chi connectivity index (χ1v) is 9.24. The van der Waals surface area contributed by atoms with Crippen molar-refractivity contribution in [2.75, 3.05) is 19.5 Å². The molecule has 28 heavy (non-hydrogen) atoms. The maximum absolute atomic E-state index is 12.3. The van der Waals surface area contributed by atoms with Crippen molar-refractivity contribution < 1.29 is 23.8 Å². The minimum absolute atomic E-state index is 0.0761. The molecule has 1 N–H and O–H groups in total. The molecular weight excluding hydrogens is 429 g/mol. The van der Waals surface area contributed by atoms with Gasteiger partial charge >= 0.3 is 5.97 Å². The average molecular weight is 447 g/mol. The molecule has 2 aromatic carbocycles. The van der Waals surface area contributed by atoms with Crippen LogP contribution in [0.5, 0.6) is 11.5 Å². The molecule has 0 saturated heterocycles. The molecule has 0 fully saturated rings. The highest BCUT2D eigenvalue weighted by Gasteiger charge is 2.21. The second-order valence-corrected chi connectivity index (χ2v) is 6.97. The summed E-state index contributed by atoms with van der Waals surface area (Å²) >= 11 is 17.9. The number of ether oxygens (including phenoxy) is 3. The topological polar surface area (TPSA) is 73.9 Å². The van der Waals surface area contributed by atoms with Crippen molar-refractivity contribution in [3.63, 3.8) is 0 Å². The van der Waals surface area contributed by atoms with E-state index in [4.69, 9.17) is 49.0 Å². The number of halogens is 3. The number of methoxy groups -OCH3 is 2. The van der Waals surface area contributed by atoms with Gasteiger partial charge in [-0.05, 0) is 25.1 Å². The number of benzene rings is 2. The largest absolute Gasteiger partial charge is 0.497 e. The van der Waals surface area contributed by atoms with Crippen molar-refractivity contribution in [2.24, 2.45) is 0 Å². The SMILES string of the molecule is COc1ccc(CC(=O)OC(C)C(=O)Nc2c(Cl)cc(Cl)cc2Cl)c(OC)c1. The zero-order valence-electron chi connectivity index (χ0n) is 15.3. The number of hydrogen-bond acceptors (Lipinski definition) is 5. The van der Waals surface area contributed by atoms with Gasteiger partial charge in [0.1, 0.15) is 11.5 Å². The minimum Gasteiger partial charge on any atom is -0.497 e. The fourth-order valence-electron chi connectivity index (χ4n) is 2.33. The van der Waals surface area contributed by atoms with Crippen molar-refractivity contribution in [3.8, 4) is 11.5 Å². The Morgan fingerprint density at radius 1 is 1.04 bits per heavy atom. The molecule has 1 atom stereocenters. The molecule has 0 aromatic heterocycles. The van der Waals surface area contributed by atoms with Crippen LogP contribution in [0.3, 0.4) is 0 Å². The van der Waals surface area contributed by atoms with Crippen molar-refractivity contribution in [2.45, 2.75) is 19.4 Å². The van der Waals surface area contributed by atoms with Crippen LogP contribution in [0, 0.1) is 0 Å². The van der Waals surface area contributed by atoms with Gasteiger partial charge in [-0.25, -0.2) is 0 Å². The molecule has 0 aliphatic carbocycles. The van der Waals surface area contributed by atoms with Gasteiger partial charge in [0, 0.05) is 16.7 Å². The van der Waals surface area contributed by atoms with Gasteiger partial charge in [0.2, 0.25) is 0 Å². The number of esters is 1. The highest BCUT2D eigenvalue weighted by atomic mass is 35.5. The van der Waals surface area contributed by atoms with Crippen LogP contribution >= 0.6 is 34.8 Å². The Bertz CT molecular complexity index is 865. The molecule has 0 heterocycles. The molecular formula is C19H18Cl3NO5. The number of amides is 1. The maximum Gasteiger partial charge on any atom is 0.311 e. The van der Waals surface area contributed by atoms with Gasteiger partial charge in [-0.3, -0.25) is 9.59 Å². The predicted molar refractivity (Wildman–Crippen MR) is 109 cm³/mol. The number of nitrogens with one attached hydrogen (secondary N) is 1. The molecule has 6 nitrogen and oxygen atoms in total. The number of hydrogen-bond donors (Lipinski definition) is 1. The molecule has 1 unspecified atom stereocenters. The van der Waals surface area contributed by atoms with Gasteiger partial charge in [0.25, 0.3) is 5.91 Å². The van der Waals surface area contributed by atoms with Gasteiger partial charge < -0.3 is 19.5 Å². The fraction of sp³-hybridized carbons (Fsp3) is 0.263. The summed E-state index contributed by atoms with van der Waals surface area (Å²) < 4.78 is 15.6. The van der Waals surface area contributed by atoms with Crippen molar-refractivity contribution in [1.82, 2.24) is 0 Å². The lowest BCUT2D eigenvalue weighted by Gasteiger charge is -2.16. The quantitative estimate of drug-likeness (QED) is 0.620. The lowest BCUT2D eigenvalue weighted by atomic mass is 10.1. The minimum atomic E-state index is -1.07. The summed E-state index contributed by atoms with van der Waals surface area (Å²) in [7, 11) is 3.02. The van der Waals surface area contributed by atoms with Crippen LogP contribution in [0.15, 0.2) is 30.3 Å². The third-order valence-electron chi connectivity index (χ3n) is 3.76. The van der Waals surface area contributed by atoms with E-state index < -0.39 is 18.0 Å². The summed E-state index contributed by atoms with van der Waals surface area (Å²) in [5.74, 6) is -0.104. The van der Waals surface area contributed by atoms with Gasteiger partial charge in [-0.2, -0.15) is 0 Å². The Labute approximate surface area is 177 Å². The average Bonchev–Trinajstić information content (AvgIpc) is 2.64. The van der Waals surface area contributed by atoms with Gasteiger partial charge in [0.15, 0.2) is 6.10 Å². The summed E-state index contributed by atoms with van der Waals surface area (Å²) in [5, 5.41) is 3.21. The van der Waals surface area contributed by atoms with Crippen molar-refractivity contribution in [1.29, 1.82) is 0 Å². The first-order valence-electron chi connectivity index (χ1n) is 8.11. The third-order valence-corrected chi connectivity index (χ3v) is 4.58. The van der Waals surface area contributed by atoms with Crippen LogP contribution in [0.2, 0.25) is 15.1 Å². The lowest BCUT2D eigenvalue weighted by molar-refractivity contribution is -0.152. The van der Waals surface area contributed by atoms with E-state index in [1.54, 1.807) is 18.2 Å². The number of carbonyl (C=O) groups is 2. The van der Waals surface area contributed by atoms with Crippen LogP contribution < -0.4 is 14.8 Å². The second-order valence-electron chi connectivity index (χ2n) is 5.72. The molecule has 0 aliphatic rings. The highest BCUT2D eigenvalue weighted by Crippen LogP contribution is 2.33. The van der Waals surface area contributed by atoms with E-state index in [9.17, 15) is 9.59 Å². The van der Waals surface area contributed by atoms with Crippen LogP contribution in [0.25, 0.3) is 0 Å². The Morgan fingerprint density at radius 3 is 2.25 bits per heavy atom. The van der Waals surface area contributed by atoms with E-state index in [1.165, 1.54) is 33.3 Å². The smallest absolute Gasteiger partial charge is 0.311 e. The Balaban J connectivity index is 2.01. The molecule has 0 saturated carbocycles. The molecule has 0 spiro atoms. The lowest BCUT2D eigenvalue weighted by Crippen LogP contribution is -2.30. The molecule has 150 valence electrons. The molecule has 1 amide bonds. The first kappa shape index (κ1) is 22.1. The van der Waals surface area contributed by atoms with E-state index >= 15 is 0 Å². The normalized spacial score (nSPS) is 11.5. The van der Waals surface area contributed by atoms with Crippen LogP contribution in [-0.2, 0) is 20.7 Å². The number of anilines is 1. The van der Waals surface area contributed by atoms with Crippen molar-refractivity contribution in [3.05, 3.63) is 51.0 Å². The van der Waals surface area contributed by atoms with Crippen LogP contribution in [0.1, 0.15) is 12.5 Å². The van der Waals surface area contributed by atoms with Gasteiger partial charge in [0.05, 0.1) is 36.4 Å². The first-order chi connectivity index (χ1) is 13.2. The molecule has 0 aliphatic heterocycles. The molecule has 0 radical (unpaired) electrons. The van der Waals surface area contributed by atoms with Crippen molar-refractivity contribution >= 4 is 52.4 Å². The fourth-order valence-corrected chi connectivity index (χ4v) is 3.24. The number of carbonyl (C=O) groups excluding carboxylic acids is 2. The van der Waals surface area contributed by atoms with Crippen LogP contribution in [0.4, 0.5) is 5.69 Å². The third kappa shape index (κ3) is 5.67. The monoisotopic (exact) mass is 445 g/mol. The summed E-state index contributed by atoms with van der Waals surface area (Å²) in [4.78, 5) is 24.5. The Kier molecular flexibility index (Phi) is 7.80. The molecule has 9 heteroatoms. The van der Waals surface area contributed by atoms with E-state index in [1.807, 2.05) is 0 Å². The Morgan fingerprint density at radius 2 is 1.68 bits per heavy atom. The molecule has 2 aromatic rings. The zero-order valence-corrected chi connectivity index (χ0v) is 17.6. The summed E-state index contributed by atoms with van der Waals surface area (Å²) in [5.41, 5.74) is 0.794. The van der Waals surface area contributed by atoms with E-state index in [2.05, 4.69) is 5.32 Å². The van der Waals surface area contributed by atoms with Gasteiger partial charge in [-0.1, -0.05) is 40.9 Å². The van der Waals surface area contributed by atoms with E-state index in [0.717, 1.165) is 0 Å². The predicted octanol–water partition coefficient (Wildman–Crippen LogP) is 4.78. The second kappa shape index (κ2) is 9.87. The maximum atomic E-state index is 12.3. The molecule has 0 bridgehead atoms.